The van der Waals surface area contributed by atoms with Crippen molar-refractivity contribution in [3.05, 3.63) is 89.4 Å². The molecular weight excluding hydrogens is 466 g/mol. The van der Waals surface area contributed by atoms with Crippen molar-refractivity contribution in [1.29, 1.82) is 0 Å². The third-order valence-corrected chi connectivity index (χ3v) is 7.60. The Morgan fingerprint density at radius 2 is 1.61 bits per heavy atom. The Morgan fingerprint density at radius 1 is 0.816 bits per heavy atom. The van der Waals surface area contributed by atoms with E-state index in [1.165, 1.54) is 16.3 Å². The summed E-state index contributed by atoms with van der Waals surface area (Å²) in [6, 6.07) is 24.1. The summed E-state index contributed by atoms with van der Waals surface area (Å²) in [6.45, 7) is 15.4. The van der Waals surface area contributed by atoms with Crippen molar-refractivity contribution in [1.82, 2.24) is 4.98 Å². The monoisotopic (exact) mass is 501 g/mol. The van der Waals surface area contributed by atoms with Crippen LogP contribution in [-0.2, 0) is 11.8 Å². The molecule has 0 aliphatic carbocycles. The molecule has 3 heterocycles. The standard InChI is InChI=1S/C35H35NO2/c1-20(2)14-27-16-25-13-12-24(18-32(25)38-27)29-19-31(36-34-33(29)21(3)22(4)37-34)26-15-23-10-8-9-11-28(23)30(17-26)35(5,6)7/h8-13,15-20H,14H2,1-7H3. The van der Waals surface area contributed by atoms with Crippen LogP contribution in [0.1, 0.15) is 57.3 Å². The molecule has 0 bridgehead atoms. The Kier molecular flexibility index (Phi) is 5.72. The fraction of sp³-hybridized carbons (Fsp3) is 0.286. The molecule has 0 unspecified atom stereocenters. The molecule has 3 nitrogen and oxygen atoms in total. The van der Waals surface area contributed by atoms with Crippen LogP contribution in [0.15, 0.2) is 75.6 Å². The highest BCUT2D eigenvalue weighted by Gasteiger charge is 2.21. The summed E-state index contributed by atoms with van der Waals surface area (Å²) in [5.41, 5.74) is 8.28. The first kappa shape index (κ1) is 24.5. The number of furan rings is 2. The topological polar surface area (TPSA) is 39.2 Å². The van der Waals surface area contributed by atoms with Crippen molar-refractivity contribution in [3.8, 4) is 22.4 Å². The Morgan fingerprint density at radius 3 is 2.37 bits per heavy atom. The number of aryl methyl sites for hydroxylation is 2. The molecule has 0 saturated carbocycles. The summed E-state index contributed by atoms with van der Waals surface area (Å²) in [7, 11) is 0. The molecule has 6 rings (SSSR count). The van der Waals surface area contributed by atoms with E-state index in [9.17, 15) is 0 Å². The molecule has 0 saturated heterocycles. The molecule has 3 aromatic carbocycles. The van der Waals surface area contributed by atoms with Crippen molar-refractivity contribution in [2.24, 2.45) is 5.92 Å². The maximum absolute atomic E-state index is 6.27. The van der Waals surface area contributed by atoms with Gasteiger partial charge < -0.3 is 8.83 Å². The van der Waals surface area contributed by atoms with Gasteiger partial charge in [0, 0.05) is 22.9 Å². The highest BCUT2D eigenvalue weighted by atomic mass is 16.3. The third kappa shape index (κ3) is 4.20. The second kappa shape index (κ2) is 8.87. The highest BCUT2D eigenvalue weighted by molar-refractivity contribution is 6.00. The van der Waals surface area contributed by atoms with Crippen LogP contribution in [0, 0.1) is 19.8 Å². The molecule has 0 amide bonds. The van der Waals surface area contributed by atoms with Crippen molar-refractivity contribution in [2.75, 3.05) is 0 Å². The molecule has 0 aliphatic heterocycles. The summed E-state index contributed by atoms with van der Waals surface area (Å²) in [5.74, 6) is 2.49. The fourth-order valence-electron chi connectivity index (χ4n) is 5.57. The van der Waals surface area contributed by atoms with Crippen LogP contribution in [0.4, 0.5) is 0 Å². The fourth-order valence-corrected chi connectivity index (χ4v) is 5.57. The van der Waals surface area contributed by atoms with Crippen molar-refractivity contribution >= 4 is 32.8 Å². The van der Waals surface area contributed by atoms with Gasteiger partial charge in [-0.25, -0.2) is 4.98 Å². The third-order valence-electron chi connectivity index (χ3n) is 7.60. The molecular formula is C35H35NO2. The molecule has 3 aromatic heterocycles. The van der Waals surface area contributed by atoms with Gasteiger partial charge >= 0.3 is 0 Å². The van der Waals surface area contributed by atoms with Crippen LogP contribution >= 0.6 is 0 Å². The number of hydrogen-bond acceptors (Lipinski definition) is 3. The lowest BCUT2D eigenvalue weighted by atomic mass is 9.82. The Balaban J connectivity index is 1.59. The number of rotatable bonds is 4. The SMILES string of the molecule is Cc1oc2nc(-c3cc(C(C)(C)C)c4ccccc4c3)cc(-c3ccc4cc(CC(C)C)oc4c3)c2c1C. The minimum absolute atomic E-state index is 0.00157. The van der Waals surface area contributed by atoms with E-state index in [1.54, 1.807) is 0 Å². The number of fused-ring (bicyclic) bond motifs is 3. The smallest absolute Gasteiger partial charge is 0.227 e. The van der Waals surface area contributed by atoms with E-state index in [1.807, 2.05) is 6.92 Å². The Bertz CT molecular complexity index is 1820. The first-order chi connectivity index (χ1) is 18.1. The van der Waals surface area contributed by atoms with Gasteiger partial charge in [0.15, 0.2) is 0 Å². The van der Waals surface area contributed by atoms with E-state index in [-0.39, 0.29) is 5.41 Å². The summed E-state index contributed by atoms with van der Waals surface area (Å²) in [6.07, 6.45) is 0.936. The minimum Gasteiger partial charge on any atom is -0.461 e. The number of hydrogen-bond donors (Lipinski definition) is 0. The zero-order valence-corrected chi connectivity index (χ0v) is 23.4. The largest absolute Gasteiger partial charge is 0.461 e. The van der Waals surface area contributed by atoms with Gasteiger partial charge in [-0.15, -0.1) is 0 Å². The number of pyridine rings is 1. The van der Waals surface area contributed by atoms with Crippen LogP contribution in [0.25, 0.3) is 55.2 Å². The predicted octanol–water partition coefficient (Wildman–Crippen LogP) is 10.2. The lowest BCUT2D eigenvalue weighted by molar-refractivity contribution is 0.500. The first-order valence-electron chi connectivity index (χ1n) is 13.6. The number of benzene rings is 3. The minimum atomic E-state index is -0.00157. The lowest BCUT2D eigenvalue weighted by Gasteiger charge is -2.23. The van der Waals surface area contributed by atoms with Gasteiger partial charge in [-0.05, 0) is 83.0 Å². The maximum Gasteiger partial charge on any atom is 0.227 e. The Hall–Kier alpha value is -3.85. The zero-order valence-electron chi connectivity index (χ0n) is 23.4. The van der Waals surface area contributed by atoms with Gasteiger partial charge in [0.2, 0.25) is 5.71 Å². The summed E-state index contributed by atoms with van der Waals surface area (Å²) >= 11 is 0. The maximum atomic E-state index is 6.27. The van der Waals surface area contributed by atoms with Gasteiger partial charge in [-0.1, -0.05) is 71.0 Å². The number of aromatic nitrogens is 1. The molecule has 0 N–H and O–H groups in total. The van der Waals surface area contributed by atoms with E-state index < -0.39 is 0 Å². The van der Waals surface area contributed by atoms with Gasteiger partial charge in [0.05, 0.1) is 11.1 Å². The lowest BCUT2D eigenvalue weighted by Crippen LogP contribution is -2.12. The molecule has 3 heteroatoms. The van der Waals surface area contributed by atoms with Gasteiger partial charge in [-0.2, -0.15) is 0 Å². The van der Waals surface area contributed by atoms with Gasteiger partial charge in [-0.3, -0.25) is 0 Å². The van der Waals surface area contributed by atoms with Crippen LogP contribution < -0.4 is 0 Å². The van der Waals surface area contributed by atoms with E-state index >= 15 is 0 Å². The van der Waals surface area contributed by atoms with Crippen LogP contribution in [0.3, 0.4) is 0 Å². The molecule has 0 atom stereocenters. The molecule has 0 radical (unpaired) electrons. The van der Waals surface area contributed by atoms with Crippen molar-refractivity contribution in [2.45, 2.75) is 60.3 Å². The van der Waals surface area contributed by atoms with E-state index in [4.69, 9.17) is 13.8 Å². The molecule has 0 aliphatic rings. The van der Waals surface area contributed by atoms with Crippen LogP contribution in [-0.4, -0.2) is 4.98 Å². The normalized spacial score (nSPS) is 12.4. The molecule has 0 spiro atoms. The van der Waals surface area contributed by atoms with E-state index in [2.05, 4.69) is 108 Å². The molecule has 192 valence electrons. The second-order valence-electron chi connectivity index (χ2n) is 12.1. The summed E-state index contributed by atoms with van der Waals surface area (Å²) < 4.78 is 12.5. The molecule has 6 aromatic rings. The predicted molar refractivity (Wildman–Crippen MR) is 159 cm³/mol. The zero-order chi connectivity index (χ0) is 26.8. The summed E-state index contributed by atoms with van der Waals surface area (Å²) in [5, 5.41) is 4.71. The molecule has 0 fully saturated rings. The quantitative estimate of drug-likeness (QED) is 0.241. The highest BCUT2D eigenvalue weighted by Crippen LogP contribution is 2.40. The van der Waals surface area contributed by atoms with Crippen LogP contribution in [0.2, 0.25) is 0 Å². The second-order valence-corrected chi connectivity index (χ2v) is 12.1. The average molecular weight is 502 g/mol. The molecule has 38 heavy (non-hydrogen) atoms. The first-order valence-corrected chi connectivity index (χ1v) is 13.6. The number of nitrogens with zero attached hydrogens (tertiary/aromatic N) is 1. The van der Waals surface area contributed by atoms with Gasteiger partial charge in [0.1, 0.15) is 17.1 Å². The Labute approximate surface area is 224 Å². The average Bonchev–Trinajstić information content (AvgIpc) is 3.40. The van der Waals surface area contributed by atoms with Crippen molar-refractivity contribution in [3.63, 3.8) is 0 Å². The summed E-state index contributed by atoms with van der Waals surface area (Å²) in [4.78, 5) is 5.05. The van der Waals surface area contributed by atoms with Gasteiger partial charge in [0.25, 0.3) is 0 Å². The van der Waals surface area contributed by atoms with Crippen LogP contribution in [0.5, 0.6) is 0 Å². The van der Waals surface area contributed by atoms with Crippen molar-refractivity contribution < 1.29 is 8.83 Å². The van der Waals surface area contributed by atoms with E-state index in [0.29, 0.717) is 11.6 Å². The van der Waals surface area contributed by atoms with E-state index in [0.717, 1.165) is 62.2 Å².